The molecule has 0 spiro atoms. The van der Waals surface area contributed by atoms with Crippen LogP contribution in [0.4, 0.5) is 5.82 Å². The minimum atomic E-state index is 0.705. The molecule has 0 atom stereocenters. The number of hydrogen-bond acceptors (Lipinski definition) is 3. The lowest BCUT2D eigenvalue weighted by Gasteiger charge is -2.04. The van der Waals surface area contributed by atoms with Crippen molar-refractivity contribution in [1.29, 1.82) is 0 Å². The van der Waals surface area contributed by atoms with Gasteiger partial charge in [0.1, 0.15) is 5.82 Å². The monoisotopic (exact) mass is 286 g/mol. The third kappa shape index (κ3) is 2.02. The van der Waals surface area contributed by atoms with Gasteiger partial charge >= 0.3 is 0 Å². The van der Waals surface area contributed by atoms with Crippen molar-refractivity contribution < 1.29 is 0 Å². The van der Waals surface area contributed by atoms with Gasteiger partial charge in [-0.15, -0.1) is 0 Å². The number of fused-ring (bicyclic) bond motifs is 1. The van der Waals surface area contributed by atoms with Crippen molar-refractivity contribution in [3.8, 4) is 11.3 Å². The summed E-state index contributed by atoms with van der Waals surface area (Å²) < 4.78 is 1.83. The fourth-order valence-corrected chi connectivity index (χ4v) is 2.52. The predicted molar refractivity (Wildman–Crippen MR) is 82.5 cm³/mol. The Bertz CT molecular complexity index is 792. The summed E-state index contributed by atoms with van der Waals surface area (Å²) in [5, 5.41) is 8.52. The number of halogens is 1. The van der Waals surface area contributed by atoms with Crippen LogP contribution >= 0.6 is 11.6 Å². The third-order valence-corrected chi connectivity index (χ3v) is 3.54. The van der Waals surface area contributed by atoms with Crippen molar-refractivity contribution in [3.05, 3.63) is 46.6 Å². The van der Waals surface area contributed by atoms with Crippen molar-refractivity contribution in [2.24, 2.45) is 0 Å². The molecule has 1 aromatic carbocycles. The van der Waals surface area contributed by atoms with E-state index in [1.54, 1.807) is 0 Å². The first kappa shape index (κ1) is 12.9. The Morgan fingerprint density at radius 2 is 2.00 bits per heavy atom. The van der Waals surface area contributed by atoms with Crippen LogP contribution in [0.2, 0.25) is 5.02 Å². The molecule has 2 heterocycles. The topological polar surface area (TPSA) is 42.2 Å². The van der Waals surface area contributed by atoms with Gasteiger partial charge in [0.05, 0.1) is 5.69 Å². The highest BCUT2D eigenvalue weighted by Crippen LogP contribution is 2.28. The lowest BCUT2D eigenvalue weighted by Crippen LogP contribution is -2.02. The second-order valence-corrected chi connectivity index (χ2v) is 5.19. The summed E-state index contributed by atoms with van der Waals surface area (Å²) in [6, 6.07) is 9.69. The molecule has 0 saturated carbocycles. The minimum Gasteiger partial charge on any atom is -0.373 e. The molecule has 4 nitrogen and oxygen atoms in total. The third-order valence-electron chi connectivity index (χ3n) is 3.30. The Balaban J connectivity index is 2.30. The van der Waals surface area contributed by atoms with Crippen LogP contribution in [0.1, 0.15) is 11.3 Å². The van der Waals surface area contributed by atoms with Gasteiger partial charge in [-0.1, -0.05) is 23.7 Å². The molecule has 3 rings (SSSR count). The summed E-state index contributed by atoms with van der Waals surface area (Å²) in [7, 11) is 1.88. The maximum absolute atomic E-state index is 6.07. The molecule has 0 amide bonds. The Morgan fingerprint density at radius 1 is 1.20 bits per heavy atom. The van der Waals surface area contributed by atoms with Gasteiger partial charge in [-0.2, -0.15) is 9.61 Å². The summed E-state index contributed by atoms with van der Waals surface area (Å²) in [6.45, 7) is 4.01. The van der Waals surface area contributed by atoms with E-state index in [-0.39, 0.29) is 0 Å². The first-order valence-corrected chi connectivity index (χ1v) is 6.78. The zero-order valence-electron chi connectivity index (χ0n) is 11.6. The highest BCUT2D eigenvalue weighted by Gasteiger charge is 2.14. The van der Waals surface area contributed by atoms with Gasteiger partial charge in [-0.25, -0.2) is 4.98 Å². The summed E-state index contributed by atoms with van der Waals surface area (Å²) in [4.78, 5) is 4.58. The summed E-state index contributed by atoms with van der Waals surface area (Å²) in [5.74, 6) is 0.920. The van der Waals surface area contributed by atoms with Crippen LogP contribution in [0.5, 0.6) is 0 Å². The molecule has 0 aliphatic carbocycles. The van der Waals surface area contributed by atoms with E-state index in [9.17, 15) is 0 Å². The van der Waals surface area contributed by atoms with Gasteiger partial charge < -0.3 is 5.32 Å². The predicted octanol–water partition coefficient (Wildman–Crippen LogP) is 3.71. The van der Waals surface area contributed by atoms with E-state index in [0.29, 0.717) is 5.02 Å². The molecule has 20 heavy (non-hydrogen) atoms. The number of rotatable bonds is 2. The fourth-order valence-electron chi connectivity index (χ4n) is 2.33. The van der Waals surface area contributed by atoms with Crippen molar-refractivity contribution in [2.75, 3.05) is 12.4 Å². The van der Waals surface area contributed by atoms with Crippen LogP contribution in [0.25, 0.3) is 16.9 Å². The number of nitrogens with zero attached hydrogens (tertiary/aromatic N) is 3. The summed E-state index contributed by atoms with van der Waals surface area (Å²) >= 11 is 6.07. The first-order chi connectivity index (χ1) is 9.60. The second kappa shape index (κ2) is 4.80. The lowest BCUT2D eigenvalue weighted by atomic mass is 10.1. The molecule has 1 N–H and O–H groups in total. The van der Waals surface area contributed by atoms with Gasteiger partial charge in [0.2, 0.25) is 0 Å². The van der Waals surface area contributed by atoms with Gasteiger partial charge in [0.15, 0.2) is 5.65 Å². The van der Waals surface area contributed by atoms with Crippen molar-refractivity contribution in [3.63, 3.8) is 0 Å². The Hall–Kier alpha value is -2.07. The zero-order chi connectivity index (χ0) is 14.3. The molecule has 0 unspecified atom stereocenters. The number of aryl methyl sites for hydroxylation is 2. The largest absolute Gasteiger partial charge is 0.373 e. The highest BCUT2D eigenvalue weighted by atomic mass is 35.5. The molecule has 0 saturated heterocycles. The average Bonchev–Trinajstić information content (AvgIpc) is 2.76. The van der Waals surface area contributed by atoms with E-state index in [1.165, 1.54) is 0 Å². The number of benzene rings is 1. The van der Waals surface area contributed by atoms with Crippen LogP contribution in [-0.2, 0) is 0 Å². The van der Waals surface area contributed by atoms with Gasteiger partial charge in [-0.05, 0) is 26.0 Å². The van der Waals surface area contributed by atoms with E-state index in [0.717, 1.165) is 34.0 Å². The minimum absolute atomic E-state index is 0.705. The molecule has 0 aliphatic heterocycles. The van der Waals surface area contributed by atoms with Gasteiger partial charge in [0.25, 0.3) is 0 Å². The van der Waals surface area contributed by atoms with E-state index >= 15 is 0 Å². The average molecular weight is 287 g/mol. The van der Waals surface area contributed by atoms with E-state index in [1.807, 2.05) is 55.7 Å². The van der Waals surface area contributed by atoms with Crippen molar-refractivity contribution in [1.82, 2.24) is 14.6 Å². The van der Waals surface area contributed by atoms with Gasteiger partial charge in [0, 0.05) is 35.0 Å². The van der Waals surface area contributed by atoms with E-state index in [4.69, 9.17) is 11.6 Å². The van der Waals surface area contributed by atoms with E-state index in [2.05, 4.69) is 15.4 Å². The number of hydrogen-bond donors (Lipinski definition) is 1. The van der Waals surface area contributed by atoms with E-state index < -0.39 is 0 Å². The Labute approximate surface area is 122 Å². The molecule has 0 radical (unpaired) electrons. The fraction of sp³-hybridized carbons (Fsp3) is 0.200. The maximum Gasteiger partial charge on any atom is 0.161 e. The molecular formula is C15H15ClN4. The van der Waals surface area contributed by atoms with Crippen LogP contribution in [0.3, 0.4) is 0 Å². The quantitative estimate of drug-likeness (QED) is 0.781. The lowest BCUT2D eigenvalue weighted by molar-refractivity contribution is 0.937. The molecule has 0 fully saturated rings. The standard InChI is InChI=1S/C15H15ClN4/c1-9-7-13(17-3)20-15(18-9)10(2)14(19-20)11-5-4-6-12(16)8-11/h4-8,17H,1-3H3. The number of anilines is 1. The smallest absolute Gasteiger partial charge is 0.161 e. The SMILES string of the molecule is CNc1cc(C)nc2c(C)c(-c3cccc(Cl)c3)nn12. The van der Waals surface area contributed by atoms with Crippen LogP contribution in [0.15, 0.2) is 30.3 Å². The first-order valence-electron chi connectivity index (χ1n) is 6.41. The number of nitrogens with one attached hydrogen (secondary N) is 1. The molecule has 2 aromatic heterocycles. The van der Waals surface area contributed by atoms with Crippen molar-refractivity contribution in [2.45, 2.75) is 13.8 Å². The summed E-state index contributed by atoms with van der Waals surface area (Å²) in [6.07, 6.45) is 0. The molecule has 0 bridgehead atoms. The summed E-state index contributed by atoms with van der Waals surface area (Å²) in [5.41, 5.74) is 4.78. The van der Waals surface area contributed by atoms with Crippen molar-refractivity contribution >= 4 is 23.1 Å². The second-order valence-electron chi connectivity index (χ2n) is 4.75. The molecule has 102 valence electrons. The maximum atomic E-state index is 6.07. The normalized spacial score (nSPS) is 11.0. The Kier molecular flexibility index (Phi) is 3.10. The molecule has 3 aromatic rings. The highest BCUT2D eigenvalue weighted by molar-refractivity contribution is 6.30. The molecule has 5 heteroatoms. The van der Waals surface area contributed by atoms with Gasteiger partial charge in [-0.3, -0.25) is 0 Å². The zero-order valence-corrected chi connectivity index (χ0v) is 12.4. The van der Waals surface area contributed by atoms with Crippen LogP contribution in [-0.4, -0.2) is 21.6 Å². The van der Waals surface area contributed by atoms with Crippen LogP contribution in [0, 0.1) is 13.8 Å². The molecule has 0 aliphatic rings. The Morgan fingerprint density at radius 3 is 2.70 bits per heavy atom. The van der Waals surface area contributed by atoms with Crippen LogP contribution < -0.4 is 5.32 Å². The molecular weight excluding hydrogens is 272 g/mol. The number of aromatic nitrogens is 3.